The monoisotopic (exact) mass is 265 g/mol. The second kappa shape index (κ2) is 6.50. The van der Waals surface area contributed by atoms with Crippen LogP contribution in [0.1, 0.15) is 17.3 Å². The van der Waals surface area contributed by atoms with Crippen molar-refractivity contribution in [1.29, 1.82) is 0 Å². The van der Waals surface area contributed by atoms with Crippen LogP contribution >= 0.6 is 0 Å². The molecule has 20 heavy (non-hydrogen) atoms. The number of carbonyl (C=O) groups excluding carboxylic acids is 2. The molecule has 0 bridgehead atoms. The van der Waals surface area contributed by atoms with Crippen LogP contribution in [0.15, 0.2) is 60.2 Å². The Kier molecular flexibility index (Phi) is 4.48. The molecule has 0 spiro atoms. The van der Waals surface area contributed by atoms with E-state index in [-0.39, 0.29) is 12.5 Å². The summed E-state index contributed by atoms with van der Waals surface area (Å²) in [6.07, 6.45) is 0. The fourth-order valence-corrected chi connectivity index (χ4v) is 1.80. The Morgan fingerprint density at radius 1 is 1.00 bits per heavy atom. The van der Waals surface area contributed by atoms with E-state index in [1.54, 1.807) is 25.0 Å². The molecule has 0 atom stereocenters. The lowest BCUT2D eigenvalue weighted by atomic mass is 10.0. The third-order valence-corrected chi connectivity index (χ3v) is 2.94. The van der Waals surface area contributed by atoms with Gasteiger partial charge in [0.05, 0.1) is 0 Å². The second-order valence-electron chi connectivity index (χ2n) is 4.51. The fraction of sp³-hybridized carbons (Fsp3) is 0.118. The lowest BCUT2D eigenvalue weighted by Crippen LogP contribution is -2.25. The summed E-state index contributed by atoms with van der Waals surface area (Å²) in [4.78, 5) is 22.2. The van der Waals surface area contributed by atoms with Crippen molar-refractivity contribution in [2.75, 3.05) is 6.54 Å². The van der Waals surface area contributed by atoms with E-state index in [1.807, 2.05) is 42.5 Å². The van der Waals surface area contributed by atoms with Gasteiger partial charge < -0.3 is 5.32 Å². The molecule has 3 nitrogen and oxygen atoms in total. The second-order valence-corrected chi connectivity index (χ2v) is 4.51. The maximum absolute atomic E-state index is 11.9. The first kappa shape index (κ1) is 13.8. The Morgan fingerprint density at radius 2 is 1.60 bits per heavy atom. The summed E-state index contributed by atoms with van der Waals surface area (Å²) in [5, 5.41) is 2.67. The zero-order chi connectivity index (χ0) is 14.4. The first-order valence-electron chi connectivity index (χ1n) is 6.35. The van der Waals surface area contributed by atoms with E-state index in [0.717, 1.165) is 11.1 Å². The zero-order valence-corrected chi connectivity index (χ0v) is 11.2. The maximum Gasteiger partial charge on any atom is 0.251 e. The molecule has 1 amide bonds. The summed E-state index contributed by atoms with van der Waals surface area (Å²) in [6, 6.07) is 17.3. The van der Waals surface area contributed by atoms with Crippen molar-refractivity contribution < 1.29 is 9.59 Å². The van der Waals surface area contributed by atoms with Gasteiger partial charge in [0.25, 0.3) is 5.91 Å². The molecule has 1 N–H and O–H groups in total. The first-order chi connectivity index (χ1) is 9.70. The topological polar surface area (TPSA) is 46.2 Å². The van der Waals surface area contributed by atoms with Crippen LogP contribution in [0, 0.1) is 0 Å². The van der Waals surface area contributed by atoms with E-state index in [0.29, 0.717) is 11.1 Å². The molecule has 2 aromatic carbocycles. The van der Waals surface area contributed by atoms with Crippen molar-refractivity contribution in [3.8, 4) is 11.1 Å². The smallest absolute Gasteiger partial charge is 0.251 e. The van der Waals surface area contributed by atoms with Gasteiger partial charge in [-0.25, -0.2) is 4.79 Å². The highest BCUT2D eigenvalue weighted by atomic mass is 16.1. The van der Waals surface area contributed by atoms with Crippen molar-refractivity contribution in [2.45, 2.75) is 6.92 Å². The van der Waals surface area contributed by atoms with Gasteiger partial charge in [0.1, 0.15) is 5.94 Å². The van der Waals surface area contributed by atoms with Crippen LogP contribution < -0.4 is 5.32 Å². The van der Waals surface area contributed by atoms with Gasteiger partial charge in [0.15, 0.2) is 0 Å². The summed E-state index contributed by atoms with van der Waals surface area (Å²) in [5.74, 6) is 1.56. The molecule has 100 valence electrons. The van der Waals surface area contributed by atoms with Crippen LogP contribution in [0.5, 0.6) is 0 Å². The first-order valence-corrected chi connectivity index (χ1v) is 6.35. The largest absolute Gasteiger partial charge is 0.348 e. The molecule has 0 fully saturated rings. The summed E-state index contributed by atoms with van der Waals surface area (Å²) in [7, 11) is 0. The SMILES string of the molecule is CC(=C=O)CNC(=O)c1ccc(-c2ccccc2)cc1. The van der Waals surface area contributed by atoms with Crippen molar-refractivity contribution in [3.63, 3.8) is 0 Å². The Balaban J connectivity index is 2.08. The third kappa shape index (κ3) is 3.44. The quantitative estimate of drug-likeness (QED) is 0.864. The zero-order valence-electron chi connectivity index (χ0n) is 11.2. The van der Waals surface area contributed by atoms with Crippen LogP contribution in [0.25, 0.3) is 11.1 Å². The normalized spacial score (nSPS) is 9.65. The van der Waals surface area contributed by atoms with E-state index >= 15 is 0 Å². The number of hydrogen-bond donors (Lipinski definition) is 1. The molecule has 0 aliphatic carbocycles. The van der Waals surface area contributed by atoms with Gasteiger partial charge in [-0.15, -0.1) is 0 Å². The number of benzene rings is 2. The molecule has 0 aliphatic rings. The average molecular weight is 265 g/mol. The molecule has 0 aromatic heterocycles. The summed E-state index contributed by atoms with van der Waals surface area (Å²) in [6.45, 7) is 1.86. The van der Waals surface area contributed by atoms with Gasteiger partial charge in [-0.05, 0) is 30.2 Å². The Morgan fingerprint density at radius 3 is 2.20 bits per heavy atom. The molecule has 0 unspecified atom stereocenters. The minimum atomic E-state index is -0.195. The molecule has 0 radical (unpaired) electrons. The van der Waals surface area contributed by atoms with Gasteiger partial charge in [0.2, 0.25) is 0 Å². The van der Waals surface area contributed by atoms with Crippen LogP contribution in [-0.2, 0) is 4.79 Å². The van der Waals surface area contributed by atoms with Crippen molar-refractivity contribution in [3.05, 3.63) is 65.7 Å². The number of carbonyl (C=O) groups is 1. The Labute approximate surface area is 117 Å². The average Bonchev–Trinajstić information content (AvgIpc) is 2.53. The molecule has 0 saturated carbocycles. The van der Waals surface area contributed by atoms with E-state index in [9.17, 15) is 9.59 Å². The predicted octanol–water partition coefficient (Wildman–Crippen LogP) is 2.86. The fourth-order valence-electron chi connectivity index (χ4n) is 1.80. The Hall–Kier alpha value is -2.64. The predicted molar refractivity (Wildman–Crippen MR) is 79.1 cm³/mol. The number of rotatable bonds is 4. The lowest BCUT2D eigenvalue weighted by molar-refractivity contribution is 0.0957. The van der Waals surface area contributed by atoms with Crippen LogP contribution in [0.2, 0.25) is 0 Å². The van der Waals surface area contributed by atoms with Gasteiger partial charge in [0, 0.05) is 17.7 Å². The van der Waals surface area contributed by atoms with Gasteiger partial charge in [-0.1, -0.05) is 42.5 Å². The van der Waals surface area contributed by atoms with E-state index < -0.39 is 0 Å². The highest BCUT2D eigenvalue weighted by Crippen LogP contribution is 2.19. The van der Waals surface area contributed by atoms with Crippen LogP contribution in [0.4, 0.5) is 0 Å². The molecule has 0 saturated heterocycles. The summed E-state index contributed by atoms with van der Waals surface area (Å²) in [5.41, 5.74) is 3.22. The number of nitrogens with one attached hydrogen (secondary N) is 1. The van der Waals surface area contributed by atoms with Crippen LogP contribution in [0.3, 0.4) is 0 Å². The van der Waals surface area contributed by atoms with E-state index in [2.05, 4.69) is 5.32 Å². The maximum atomic E-state index is 11.9. The van der Waals surface area contributed by atoms with Crippen molar-refractivity contribution in [1.82, 2.24) is 5.32 Å². The molecular weight excluding hydrogens is 250 g/mol. The summed E-state index contributed by atoms with van der Waals surface area (Å²) >= 11 is 0. The minimum absolute atomic E-state index is 0.195. The molecule has 2 rings (SSSR count). The lowest BCUT2D eigenvalue weighted by Gasteiger charge is -2.05. The number of hydrogen-bond acceptors (Lipinski definition) is 2. The van der Waals surface area contributed by atoms with Crippen LogP contribution in [-0.4, -0.2) is 18.4 Å². The van der Waals surface area contributed by atoms with E-state index in [4.69, 9.17) is 0 Å². The van der Waals surface area contributed by atoms with Gasteiger partial charge in [-0.2, -0.15) is 0 Å². The van der Waals surface area contributed by atoms with E-state index in [1.165, 1.54) is 0 Å². The van der Waals surface area contributed by atoms with Gasteiger partial charge >= 0.3 is 0 Å². The number of amides is 1. The molecule has 0 heterocycles. The molecule has 0 aliphatic heterocycles. The molecule has 2 aromatic rings. The van der Waals surface area contributed by atoms with Gasteiger partial charge in [-0.3, -0.25) is 4.79 Å². The van der Waals surface area contributed by atoms with Crippen molar-refractivity contribution >= 4 is 11.8 Å². The highest BCUT2D eigenvalue weighted by molar-refractivity contribution is 5.94. The van der Waals surface area contributed by atoms with Crippen molar-refractivity contribution in [2.24, 2.45) is 0 Å². The third-order valence-electron chi connectivity index (χ3n) is 2.94. The molecular formula is C17H15NO2. The highest BCUT2D eigenvalue weighted by Gasteiger charge is 2.05. The standard InChI is InChI=1S/C17H15NO2/c1-13(12-19)11-18-17(20)16-9-7-15(8-10-16)14-5-3-2-4-6-14/h2-10H,11H2,1H3,(H,18,20). The minimum Gasteiger partial charge on any atom is -0.348 e. The summed E-state index contributed by atoms with van der Waals surface area (Å²) < 4.78 is 0. The molecule has 3 heteroatoms. The Bertz CT molecular complexity index is 638.